The van der Waals surface area contributed by atoms with Gasteiger partial charge in [0.05, 0.1) is 12.6 Å². The normalized spacial score (nSPS) is 28.0. The molecule has 0 bridgehead atoms. The molecule has 2 N–H and O–H groups in total. The first-order chi connectivity index (χ1) is 7.98. The molecule has 1 aliphatic carbocycles. The number of ether oxygens (including phenoxy) is 3. The van der Waals surface area contributed by atoms with E-state index in [0.29, 0.717) is 0 Å². The molecule has 3 rings (SSSR count). The summed E-state index contributed by atoms with van der Waals surface area (Å²) in [5.74, 6) is 2.27. The Morgan fingerprint density at radius 3 is 2.35 bits per heavy atom. The average Bonchev–Trinajstić information content (AvgIpc) is 2.66. The highest BCUT2D eigenvalue weighted by Crippen LogP contribution is 2.63. The molecule has 1 saturated carbocycles. The second-order valence-electron chi connectivity index (χ2n) is 5.44. The first-order valence-corrected chi connectivity index (χ1v) is 5.75. The van der Waals surface area contributed by atoms with Crippen molar-refractivity contribution in [2.75, 3.05) is 13.9 Å². The minimum atomic E-state index is -0.320. The Morgan fingerprint density at radius 2 is 1.82 bits per heavy atom. The van der Waals surface area contributed by atoms with Gasteiger partial charge < -0.3 is 19.9 Å². The van der Waals surface area contributed by atoms with E-state index in [1.54, 1.807) is 7.11 Å². The molecule has 4 heteroatoms. The van der Waals surface area contributed by atoms with Crippen molar-refractivity contribution >= 4 is 0 Å². The Balaban J connectivity index is 2.11. The zero-order chi connectivity index (χ0) is 12.3. The van der Waals surface area contributed by atoms with E-state index in [2.05, 4.69) is 13.8 Å². The molecule has 1 aliphatic heterocycles. The Bertz CT molecular complexity index is 484. The SMILES string of the molecule is COc1cc2c(cc1C1(N)CC1(C)C)OCO2. The van der Waals surface area contributed by atoms with Crippen LogP contribution in [0.2, 0.25) is 0 Å². The lowest BCUT2D eigenvalue weighted by molar-refractivity contribution is 0.174. The molecule has 1 unspecified atom stereocenters. The van der Waals surface area contributed by atoms with Crippen LogP contribution in [0.15, 0.2) is 12.1 Å². The Labute approximate surface area is 101 Å². The van der Waals surface area contributed by atoms with Gasteiger partial charge in [-0.05, 0) is 17.9 Å². The van der Waals surface area contributed by atoms with Crippen LogP contribution in [0.25, 0.3) is 0 Å². The Kier molecular flexibility index (Phi) is 1.94. The van der Waals surface area contributed by atoms with Crippen molar-refractivity contribution in [1.29, 1.82) is 0 Å². The summed E-state index contributed by atoms with van der Waals surface area (Å²) in [7, 11) is 1.65. The van der Waals surface area contributed by atoms with E-state index in [4.69, 9.17) is 19.9 Å². The van der Waals surface area contributed by atoms with Gasteiger partial charge in [0.25, 0.3) is 0 Å². The van der Waals surface area contributed by atoms with Crippen LogP contribution in [-0.2, 0) is 5.54 Å². The lowest BCUT2D eigenvalue weighted by atomic mass is 9.95. The highest BCUT2D eigenvalue weighted by Gasteiger charge is 2.60. The van der Waals surface area contributed by atoms with E-state index >= 15 is 0 Å². The summed E-state index contributed by atoms with van der Waals surface area (Å²) in [5, 5.41) is 0. The second kappa shape index (κ2) is 3.07. The summed E-state index contributed by atoms with van der Waals surface area (Å²) in [6.45, 7) is 4.59. The van der Waals surface area contributed by atoms with Crippen molar-refractivity contribution in [3.05, 3.63) is 17.7 Å². The van der Waals surface area contributed by atoms with Gasteiger partial charge >= 0.3 is 0 Å². The fourth-order valence-corrected chi connectivity index (χ4v) is 2.55. The van der Waals surface area contributed by atoms with Crippen molar-refractivity contribution in [3.63, 3.8) is 0 Å². The molecule has 0 aromatic heterocycles. The minimum Gasteiger partial charge on any atom is -0.496 e. The fraction of sp³-hybridized carbons (Fsp3) is 0.538. The van der Waals surface area contributed by atoms with Crippen LogP contribution >= 0.6 is 0 Å². The van der Waals surface area contributed by atoms with Crippen molar-refractivity contribution in [2.24, 2.45) is 11.1 Å². The number of benzene rings is 1. The van der Waals surface area contributed by atoms with Crippen LogP contribution in [0.1, 0.15) is 25.8 Å². The zero-order valence-corrected chi connectivity index (χ0v) is 10.4. The van der Waals surface area contributed by atoms with Crippen LogP contribution in [-0.4, -0.2) is 13.9 Å². The number of fused-ring (bicyclic) bond motifs is 1. The van der Waals surface area contributed by atoms with Crippen LogP contribution in [0.4, 0.5) is 0 Å². The van der Waals surface area contributed by atoms with Gasteiger partial charge in [0.15, 0.2) is 11.5 Å². The highest BCUT2D eigenvalue weighted by molar-refractivity contribution is 5.56. The van der Waals surface area contributed by atoms with Crippen LogP contribution in [0.5, 0.6) is 17.2 Å². The molecule has 0 spiro atoms. The van der Waals surface area contributed by atoms with Crippen LogP contribution < -0.4 is 19.9 Å². The monoisotopic (exact) mass is 235 g/mol. The third-order valence-electron chi connectivity index (χ3n) is 3.98. The van der Waals surface area contributed by atoms with E-state index in [9.17, 15) is 0 Å². The molecule has 92 valence electrons. The minimum absolute atomic E-state index is 0.105. The van der Waals surface area contributed by atoms with Crippen LogP contribution in [0.3, 0.4) is 0 Å². The third kappa shape index (κ3) is 1.33. The Hall–Kier alpha value is -1.42. The molecule has 1 fully saturated rings. The van der Waals surface area contributed by atoms with E-state index in [1.807, 2.05) is 12.1 Å². The summed E-state index contributed by atoms with van der Waals surface area (Å²) >= 11 is 0. The number of methoxy groups -OCH3 is 1. The van der Waals surface area contributed by atoms with Crippen molar-refractivity contribution in [3.8, 4) is 17.2 Å². The maximum atomic E-state index is 6.44. The number of rotatable bonds is 2. The van der Waals surface area contributed by atoms with Gasteiger partial charge in [-0.15, -0.1) is 0 Å². The summed E-state index contributed by atoms with van der Waals surface area (Å²) in [6, 6.07) is 3.82. The average molecular weight is 235 g/mol. The van der Waals surface area contributed by atoms with E-state index in [0.717, 1.165) is 29.2 Å². The van der Waals surface area contributed by atoms with Crippen molar-refractivity contribution in [1.82, 2.24) is 0 Å². The molecule has 0 amide bonds. The van der Waals surface area contributed by atoms with Crippen LogP contribution in [0, 0.1) is 5.41 Å². The van der Waals surface area contributed by atoms with Gasteiger partial charge in [-0.1, -0.05) is 13.8 Å². The summed E-state index contributed by atoms with van der Waals surface area (Å²) in [5.41, 5.74) is 7.23. The Morgan fingerprint density at radius 1 is 1.24 bits per heavy atom. The smallest absolute Gasteiger partial charge is 0.231 e. The van der Waals surface area contributed by atoms with Gasteiger partial charge in [-0.3, -0.25) is 0 Å². The highest BCUT2D eigenvalue weighted by atomic mass is 16.7. The molecule has 2 aliphatic rings. The predicted molar refractivity (Wildman–Crippen MR) is 63.4 cm³/mol. The van der Waals surface area contributed by atoms with Crippen molar-refractivity contribution < 1.29 is 14.2 Å². The van der Waals surface area contributed by atoms with Crippen molar-refractivity contribution in [2.45, 2.75) is 25.8 Å². The van der Waals surface area contributed by atoms with Gasteiger partial charge in [-0.25, -0.2) is 0 Å². The molecule has 1 heterocycles. The summed E-state index contributed by atoms with van der Waals surface area (Å²) in [4.78, 5) is 0. The molecule has 1 aromatic carbocycles. The topological polar surface area (TPSA) is 53.7 Å². The molecular weight excluding hydrogens is 218 g/mol. The fourth-order valence-electron chi connectivity index (χ4n) is 2.55. The number of hydrogen-bond acceptors (Lipinski definition) is 4. The number of hydrogen-bond donors (Lipinski definition) is 1. The standard InChI is InChI=1S/C13H17NO3/c1-12(2)6-13(12,14)8-4-10-11(17-7-16-10)5-9(8)15-3/h4-5H,6-7,14H2,1-3H3. The predicted octanol–water partition coefficient (Wildman–Crippen LogP) is 2.01. The van der Waals surface area contributed by atoms with E-state index < -0.39 is 0 Å². The largest absolute Gasteiger partial charge is 0.496 e. The quantitative estimate of drug-likeness (QED) is 0.852. The molecule has 1 aromatic rings. The van der Waals surface area contributed by atoms with Gasteiger partial charge in [0.2, 0.25) is 6.79 Å². The molecular formula is C13H17NO3. The first kappa shape index (κ1) is 10.7. The molecule has 4 nitrogen and oxygen atoms in total. The maximum absolute atomic E-state index is 6.44. The van der Waals surface area contributed by atoms with E-state index in [-0.39, 0.29) is 17.7 Å². The zero-order valence-electron chi connectivity index (χ0n) is 10.4. The molecule has 0 radical (unpaired) electrons. The molecule has 1 atom stereocenters. The van der Waals surface area contributed by atoms with Gasteiger partial charge in [-0.2, -0.15) is 0 Å². The third-order valence-corrected chi connectivity index (χ3v) is 3.98. The molecule has 17 heavy (non-hydrogen) atoms. The first-order valence-electron chi connectivity index (χ1n) is 5.75. The maximum Gasteiger partial charge on any atom is 0.231 e. The van der Waals surface area contributed by atoms with Gasteiger partial charge in [0, 0.05) is 11.6 Å². The lowest BCUT2D eigenvalue weighted by Gasteiger charge is -2.19. The molecule has 0 saturated heterocycles. The van der Waals surface area contributed by atoms with Gasteiger partial charge in [0.1, 0.15) is 5.75 Å². The summed E-state index contributed by atoms with van der Waals surface area (Å²) < 4.78 is 16.1. The lowest BCUT2D eigenvalue weighted by Crippen LogP contribution is -2.26. The second-order valence-corrected chi connectivity index (χ2v) is 5.44. The number of nitrogens with two attached hydrogens (primary N) is 1. The summed E-state index contributed by atoms with van der Waals surface area (Å²) in [6.07, 6.45) is 0.954. The van der Waals surface area contributed by atoms with E-state index in [1.165, 1.54) is 0 Å².